The Morgan fingerprint density at radius 2 is 0.750 bits per heavy atom. The minimum Gasteiger partial charge on any atom is -0.377 e. The van der Waals surface area contributed by atoms with Crippen LogP contribution in [0.1, 0.15) is 11.1 Å². The van der Waals surface area contributed by atoms with Crippen molar-refractivity contribution in [1.29, 1.82) is 0 Å². The predicted octanol–water partition coefficient (Wildman–Crippen LogP) is 11.0. The van der Waals surface area contributed by atoms with Gasteiger partial charge in [-0.05, 0) is 103 Å². The van der Waals surface area contributed by atoms with E-state index in [2.05, 4.69) is 168 Å². The molecule has 0 atom stereocenters. The first-order chi connectivity index (χ1) is 23.5. The van der Waals surface area contributed by atoms with E-state index in [0.717, 1.165) is 52.2 Å². The van der Waals surface area contributed by atoms with Crippen LogP contribution in [0, 0.1) is 6.92 Å². The first kappa shape index (κ1) is 32.9. The fourth-order valence-electron chi connectivity index (χ4n) is 6.01. The van der Waals surface area contributed by atoms with Gasteiger partial charge in [0.05, 0.1) is 0 Å². The van der Waals surface area contributed by atoms with Gasteiger partial charge < -0.3 is 23.1 Å². The van der Waals surface area contributed by atoms with Crippen LogP contribution in [-0.2, 0) is 19.7 Å². The molecule has 0 fully saturated rings. The third kappa shape index (κ3) is 7.43. The van der Waals surface area contributed by atoms with Crippen molar-refractivity contribution < 1.29 is 13.3 Å². The van der Waals surface area contributed by atoms with E-state index in [-0.39, 0.29) is 0 Å². The average molecular weight is 651 g/mol. The van der Waals surface area contributed by atoms with E-state index < -0.39 is 8.80 Å². The molecule has 48 heavy (non-hydrogen) atoms. The fraction of sp³-hybridized carbons (Fsp3) is 0.143. The number of nitrogens with zero attached hydrogens (tertiary/aromatic N) is 2. The van der Waals surface area contributed by atoms with Gasteiger partial charge in [0.2, 0.25) is 0 Å². The lowest BCUT2D eigenvalue weighted by Gasteiger charge is -2.26. The molecule has 0 spiro atoms. The molecular weight excluding hydrogens is 609 g/mol. The molecule has 0 aromatic heterocycles. The van der Waals surface area contributed by atoms with Crippen LogP contribution in [0.3, 0.4) is 0 Å². The molecule has 0 saturated heterocycles. The van der Waals surface area contributed by atoms with E-state index in [1.54, 1.807) is 21.3 Å². The van der Waals surface area contributed by atoms with Gasteiger partial charge in [-0.25, -0.2) is 0 Å². The Balaban J connectivity index is 1.25. The Kier molecular flexibility index (Phi) is 10.5. The average Bonchev–Trinajstić information content (AvgIpc) is 3.15. The van der Waals surface area contributed by atoms with Crippen molar-refractivity contribution in [2.45, 2.75) is 19.4 Å². The maximum Gasteiger partial charge on any atom is 0.500 e. The highest BCUT2D eigenvalue weighted by molar-refractivity contribution is 6.60. The van der Waals surface area contributed by atoms with Crippen LogP contribution >= 0.6 is 0 Å². The van der Waals surface area contributed by atoms with E-state index >= 15 is 0 Å². The van der Waals surface area contributed by atoms with E-state index in [9.17, 15) is 0 Å². The number of hydrogen-bond acceptors (Lipinski definition) is 5. The SMILES string of the molecule is CO[Si](CCc1ccc(N(c2ccccc2)c2ccc(-c3ccc(N(c4ccccc4)c4ccc(C)cc4)cc3)cc2)cc1)(OC)OC. The third-order valence-corrected chi connectivity index (χ3v) is 11.5. The molecule has 0 aliphatic heterocycles. The number of benzene rings is 6. The predicted molar refractivity (Wildman–Crippen MR) is 201 cm³/mol. The molecule has 6 heteroatoms. The number of anilines is 6. The van der Waals surface area contributed by atoms with Gasteiger partial charge in [0.15, 0.2) is 0 Å². The Labute approximate surface area is 286 Å². The van der Waals surface area contributed by atoms with Crippen LogP contribution in [0.4, 0.5) is 34.1 Å². The van der Waals surface area contributed by atoms with Crippen LogP contribution in [0.25, 0.3) is 11.1 Å². The normalized spacial score (nSPS) is 11.3. The van der Waals surface area contributed by atoms with Crippen LogP contribution in [0.5, 0.6) is 0 Å². The number of aryl methyl sites for hydroxylation is 2. The quantitative estimate of drug-likeness (QED) is 0.116. The highest BCUT2D eigenvalue weighted by Gasteiger charge is 2.37. The molecule has 0 aliphatic rings. The van der Waals surface area contributed by atoms with Crippen molar-refractivity contribution in [3.05, 3.63) is 169 Å². The second-order valence-electron chi connectivity index (χ2n) is 11.7. The van der Waals surface area contributed by atoms with Crippen molar-refractivity contribution in [1.82, 2.24) is 0 Å². The summed E-state index contributed by atoms with van der Waals surface area (Å²) in [6.07, 6.45) is 0.814. The summed E-state index contributed by atoms with van der Waals surface area (Å²) in [5.74, 6) is 0. The molecule has 6 rings (SSSR count). The summed E-state index contributed by atoms with van der Waals surface area (Å²) in [6, 6.07) is 56.7. The Morgan fingerprint density at radius 1 is 0.417 bits per heavy atom. The minimum absolute atomic E-state index is 0.719. The summed E-state index contributed by atoms with van der Waals surface area (Å²) in [7, 11) is 2.35. The van der Waals surface area contributed by atoms with Gasteiger partial charge in [0.1, 0.15) is 0 Å². The highest BCUT2D eigenvalue weighted by Crippen LogP contribution is 2.38. The van der Waals surface area contributed by atoms with Crippen LogP contribution in [-0.4, -0.2) is 30.1 Å². The van der Waals surface area contributed by atoms with Gasteiger partial charge in [-0.2, -0.15) is 0 Å². The first-order valence-electron chi connectivity index (χ1n) is 16.2. The van der Waals surface area contributed by atoms with E-state index in [0.29, 0.717) is 0 Å². The first-order valence-corrected chi connectivity index (χ1v) is 18.2. The maximum atomic E-state index is 5.62. The largest absolute Gasteiger partial charge is 0.500 e. The lowest BCUT2D eigenvalue weighted by molar-refractivity contribution is 0.123. The van der Waals surface area contributed by atoms with Crippen molar-refractivity contribution >= 4 is 42.9 Å². The van der Waals surface area contributed by atoms with Crippen LogP contribution in [0.2, 0.25) is 6.04 Å². The second kappa shape index (κ2) is 15.3. The Morgan fingerprint density at radius 3 is 1.12 bits per heavy atom. The molecule has 0 N–H and O–H groups in total. The number of rotatable bonds is 13. The van der Waals surface area contributed by atoms with Crippen LogP contribution in [0.15, 0.2) is 158 Å². The monoisotopic (exact) mass is 650 g/mol. The van der Waals surface area contributed by atoms with E-state index in [4.69, 9.17) is 13.3 Å². The third-order valence-electron chi connectivity index (χ3n) is 8.75. The standard InChI is InChI=1S/C42H42N2O3Si/c1-33-15-23-39(24-16-33)43(37-11-7-5-8-12-37)41-27-19-35(20-28-41)36-21-29-42(30-22-36)44(38-13-9-6-10-14-38)40-25-17-34(18-26-40)31-32-48(45-2,46-3)47-4/h5-30H,31-32H2,1-4H3. The lowest BCUT2D eigenvalue weighted by atomic mass is 10.0. The Hall–Kier alpha value is -4.98. The second-order valence-corrected chi connectivity index (χ2v) is 14.8. The molecule has 0 heterocycles. The van der Waals surface area contributed by atoms with Gasteiger partial charge in [0.25, 0.3) is 0 Å². The molecular formula is C42H42N2O3Si. The molecule has 0 radical (unpaired) electrons. The van der Waals surface area contributed by atoms with E-state index in [1.807, 2.05) is 6.07 Å². The van der Waals surface area contributed by atoms with Crippen molar-refractivity contribution in [2.75, 3.05) is 31.1 Å². The Bertz CT molecular complexity index is 1850. The number of para-hydroxylation sites is 2. The zero-order chi connectivity index (χ0) is 33.3. The molecule has 6 aromatic rings. The molecule has 242 valence electrons. The van der Waals surface area contributed by atoms with E-state index in [1.165, 1.54) is 16.7 Å². The maximum absolute atomic E-state index is 5.62. The van der Waals surface area contributed by atoms with Gasteiger partial charge >= 0.3 is 8.80 Å². The topological polar surface area (TPSA) is 34.2 Å². The summed E-state index contributed by atoms with van der Waals surface area (Å²) in [4.78, 5) is 4.58. The van der Waals surface area contributed by atoms with Crippen molar-refractivity contribution in [2.24, 2.45) is 0 Å². The zero-order valence-corrected chi connectivity index (χ0v) is 29.0. The molecule has 5 nitrogen and oxygen atoms in total. The van der Waals surface area contributed by atoms with Gasteiger partial charge in [-0.1, -0.05) is 90.5 Å². The van der Waals surface area contributed by atoms with Gasteiger partial charge in [0, 0.05) is 61.5 Å². The zero-order valence-electron chi connectivity index (χ0n) is 28.0. The smallest absolute Gasteiger partial charge is 0.377 e. The summed E-state index contributed by atoms with van der Waals surface area (Å²) in [6.45, 7) is 2.12. The summed E-state index contributed by atoms with van der Waals surface area (Å²) >= 11 is 0. The van der Waals surface area contributed by atoms with Gasteiger partial charge in [-0.15, -0.1) is 0 Å². The molecule has 0 aliphatic carbocycles. The van der Waals surface area contributed by atoms with Crippen molar-refractivity contribution in [3.63, 3.8) is 0 Å². The van der Waals surface area contributed by atoms with Gasteiger partial charge in [-0.3, -0.25) is 0 Å². The highest BCUT2D eigenvalue weighted by atomic mass is 28.4. The molecule has 0 amide bonds. The van der Waals surface area contributed by atoms with Crippen molar-refractivity contribution in [3.8, 4) is 11.1 Å². The lowest BCUT2D eigenvalue weighted by Crippen LogP contribution is -2.43. The fourth-order valence-corrected chi connectivity index (χ4v) is 7.72. The summed E-state index contributed by atoms with van der Waals surface area (Å²) in [5, 5.41) is 0. The molecule has 0 saturated carbocycles. The minimum atomic E-state index is -2.63. The molecule has 0 unspecified atom stereocenters. The summed E-state index contributed by atoms with van der Waals surface area (Å²) < 4.78 is 16.9. The molecule has 6 aromatic carbocycles. The van der Waals surface area contributed by atoms with Crippen LogP contribution < -0.4 is 9.80 Å². The molecule has 0 bridgehead atoms. The number of hydrogen-bond donors (Lipinski definition) is 0. The summed E-state index contributed by atoms with van der Waals surface area (Å²) in [5.41, 5.74) is 11.4.